The van der Waals surface area contributed by atoms with Gasteiger partial charge in [0.25, 0.3) is 5.91 Å². The van der Waals surface area contributed by atoms with Crippen molar-refractivity contribution in [1.82, 2.24) is 15.2 Å². The van der Waals surface area contributed by atoms with E-state index >= 15 is 0 Å². The second-order valence-electron chi connectivity index (χ2n) is 6.54. The lowest BCUT2D eigenvalue weighted by molar-refractivity contribution is -0.130. The first kappa shape index (κ1) is 17.9. The Kier molecular flexibility index (Phi) is 5.51. The Balaban J connectivity index is 1.48. The second-order valence-corrected chi connectivity index (χ2v) is 6.54. The Hall–Kier alpha value is -2.89. The molecule has 0 spiro atoms. The summed E-state index contributed by atoms with van der Waals surface area (Å²) in [5.74, 6) is 0.666. The molecule has 1 aromatic heterocycles. The van der Waals surface area contributed by atoms with Gasteiger partial charge in [0.2, 0.25) is 5.91 Å². The number of nitrogens with one attached hydrogen (secondary N) is 1. The van der Waals surface area contributed by atoms with Gasteiger partial charge in [-0.2, -0.15) is 0 Å². The molecule has 6 heteroatoms. The molecule has 26 heavy (non-hydrogen) atoms. The van der Waals surface area contributed by atoms with Crippen molar-refractivity contribution < 1.29 is 9.59 Å². The molecule has 0 atom stereocenters. The normalized spacial score (nSPS) is 14.2. The minimum Gasteiger partial charge on any atom is -0.353 e. The first-order valence-electron chi connectivity index (χ1n) is 8.84. The number of pyridine rings is 1. The number of anilines is 1. The van der Waals surface area contributed by atoms with Crippen LogP contribution in [0.5, 0.6) is 0 Å². The maximum atomic E-state index is 12.4. The highest BCUT2D eigenvalue weighted by Crippen LogP contribution is 2.13. The number of piperazine rings is 1. The summed E-state index contributed by atoms with van der Waals surface area (Å²) in [5.41, 5.74) is 2.79. The van der Waals surface area contributed by atoms with Crippen molar-refractivity contribution in [2.75, 3.05) is 37.6 Å². The fraction of sp³-hybridized carbons (Fsp3) is 0.350. The average Bonchev–Trinajstić information content (AvgIpc) is 2.68. The van der Waals surface area contributed by atoms with Gasteiger partial charge in [0, 0.05) is 37.9 Å². The fourth-order valence-electron chi connectivity index (χ4n) is 2.98. The highest BCUT2D eigenvalue weighted by Gasteiger charge is 2.22. The zero-order chi connectivity index (χ0) is 18.5. The molecule has 3 rings (SSSR count). The number of aromatic nitrogens is 1. The van der Waals surface area contributed by atoms with Gasteiger partial charge in [0.05, 0.1) is 6.54 Å². The quantitative estimate of drug-likeness (QED) is 0.911. The van der Waals surface area contributed by atoms with Crippen molar-refractivity contribution in [3.8, 4) is 0 Å². The van der Waals surface area contributed by atoms with E-state index in [1.165, 1.54) is 0 Å². The predicted octanol–water partition coefficient (Wildman–Crippen LogP) is 1.78. The van der Waals surface area contributed by atoms with Crippen molar-refractivity contribution >= 4 is 17.6 Å². The van der Waals surface area contributed by atoms with E-state index in [1.807, 2.05) is 44.2 Å². The van der Waals surface area contributed by atoms with Gasteiger partial charge in [0.1, 0.15) is 5.82 Å². The summed E-state index contributed by atoms with van der Waals surface area (Å²) in [5, 5.41) is 2.73. The van der Waals surface area contributed by atoms with Crippen molar-refractivity contribution in [3.05, 3.63) is 59.3 Å². The Morgan fingerprint density at radius 1 is 1.04 bits per heavy atom. The van der Waals surface area contributed by atoms with Gasteiger partial charge in [-0.05, 0) is 49.2 Å². The molecule has 0 radical (unpaired) electrons. The monoisotopic (exact) mass is 352 g/mol. The number of carbonyl (C=O) groups is 2. The summed E-state index contributed by atoms with van der Waals surface area (Å²) in [6.07, 6.45) is 1.77. The molecule has 1 aliphatic rings. The molecule has 0 aliphatic carbocycles. The average molecular weight is 352 g/mol. The number of hydrogen-bond acceptors (Lipinski definition) is 4. The maximum Gasteiger partial charge on any atom is 0.251 e. The van der Waals surface area contributed by atoms with Gasteiger partial charge in [-0.3, -0.25) is 9.59 Å². The van der Waals surface area contributed by atoms with E-state index in [4.69, 9.17) is 0 Å². The minimum atomic E-state index is -0.214. The van der Waals surface area contributed by atoms with E-state index in [0.29, 0.717) is 18.7 Å². The molecule has 1 aliphatic heterocycles. The van der Waals surface area contributed by atoms with Gasteiger partial charge in [-0.15, -0.1) is 0 Å². The molecule has 1 aromatic carbocycles. The van der Waals surface area contributed by atoms with Crippen LogP contribution in [0.3, 0.4) is 0 Å². The minimum absolute atomic E-state index is 0.0232. The van der Waals surface area contributed by atoms with E-state index in [1.54, 1.807) is 17.2 Å². The summed E-state index contributed by atoms with van der Waals surface area (Å²) >= 11 is 0. The first-order chi connectivity index (χ1) is 12.5. The number of carbonyl (C=O) groups excluding carboxylic acids is 2. The zero-order valence-corrected chi connectivity index (χ0v) is 15.2. The zero-order valence-electron chi connectivity index (χ0n) is 15.2. The first-order valence-corrected chi connectivity index (χ1v) is 8.84. The lowest BCUT2D eigenvalue weighted by Gasteiger charge is -2.35. The molecule has 1 N–H and O–H groups in total. The van der Waals surface area contributed by atoms with Crippen molar-refractivity contribution in [3.63, 3.8) is 0 Å². The lowest BCUT2D eigenvalue weighted by atomic mass is 10.1. The SMILES string of the molecule is Cc1ccc(C(=O)NCC(=O)N2CCN(c3ccccn3)CC2)cc1C. The van der Waals surface area contributed by atoms with Crippen LogP contribution < -0.4 is 10.2 Å². The molecule has 0 bridgehead atoms. The Morgan fingerprint density at radius 2 is 1.81 bits per heavy atom. The van der Waals surface area contributed by atoms with Crippen LogP contribution in [0.1, 0.15) is 21.5 Å². The van der Waals surface area contributed by atoms with Crippen LogP contribution in [0.25, 0.3) is 0 Å². The highest BCUT2D eigenvalue weighted by molar-refractivity contribution is 5.96. The molecular formula is C20H24N4O2. The summed E-state index contributed by atoms with van der Waals surface area (Å²) < 4.78 is 0. The highest BCUT2D eigenvalue weighted by atomic mass is 16.2. The van der Waals surface area contributed by atoms with E-state index in [-0.39, 0.29) is 18.4 Å². The molecular weight excluding hydrogens is 328 g/mol. The fourth-order valence-corrected chi connectivity index (χ4v) is 2.98. The Bertz CT molecular complexity index is 784. The van der Waals surface area contributed by atoms with Gasteiger partial charge in [-0.25, -0.2) is 4.98 Å². The molecule has 2 amide bonds. The largest absolute Gasteiger partial charge is 0.353 e. The molecule has 136 valence electrons. The van der Waals surface area contributed by atoms with E-state index in [0.717, 1.165) is 30.0 Å². The van der Waals surface area contributed by atoms with Crippen LogP contribution in [-0.2, 0) is 4.79 Å². The van der Waals surface area contributed by atoms with Crippen LogP contribution in [0.15, 0.2) is 42.6 Å². The Morgan fingerprint density at radius 3 is 2.46 bits per heavy atom. The number of nitrogens with zero attached hydrogens (tertiary/aromatic N) is 3. The van der Waals surface area contributed by atoms with Crippen LogP contribution in [0.4, 0.5) is 5.82 Å². The van der Waals surface area contributed by atoms with Crippen molar-refractivity contribution in [2.24, 2.45) is 0 Å². The third-order valence-electron chi connectivity index (χ3n) is 4.77. The molecule has 1 saturated heterocycles. The van der Waals surface area contributed by atoms with Crippen molar-refractivity contribution in [1.29, 1.82) is 0 Å². The van der Waals surface area contributed by atoms with Crippen LogP contribution in [0, 0.1) is 13.8 Å². The van der Waals surface area contributed by atoms with Crippen molar-refractivity contribution in [2.45, 2.75) is 13.8 Å². The standard InChI is InChI=1S/C20H24N4O2/c1-15-6-7-17(13-16(15)2)20(26)22-14-19(25)24-11-9-23(10-12-24)18-5-3-4-8-21-18/h3-8,13H,9-12,14H2,1-2H3,(H,22,26). The van der Waals surface area contributed by atoms with Gasteiger partial charge in [-0.1, -0.05) is 12.1 Å². The Labute approximate surface area is 153 Å². The van der Waals surface area contributed by atoms with Gasteiger partial charge < -0.3 is 15.1 Å². The van der Waals surface area contributed by atoms with E-state index in [9.17, 15) is 9.59 Å². The van der Waals surface area contributed by atoms with E-state index in [2.05, 4.69) is 15.2 Å². The van der Waals surface area contributed by atoms with Gasteiger partial charge in [0.15, 0.2) is 0 Å². The number of amides is 2. The number of benzene rings is 1. The third kappa shape index (κ3) is 4.20. The lowest BCUT2D eigenvalue weighted by Crippen LogP contribution is -2.51. The number of hydrogen-bond donors (Lipinski definition) is 1. The molecule has 0 unspecified atom stereocenters. The molecule has 1 fully saturated rings. The molecule has 6 nitrogen and oxygen atoms in total. The molecule has 0 saturated carbocycles. The molecule has 2 heterocycles. The van der Waals surface area contributed by atoms with Crippen LogP contribution in [0.2, 0.25) is 0 Å². The summed E-state index contributed by atoms with van der Waals surface area (Å²) in [7, 11) is 0. The second kappa shape index (κ2) is 7.99. The summed E-state index contributed by atoms with van der Waals surface area (Å²) in [6, 6.07) is 11.4. The smallest absolute Gasteiger partial charge is 0.251 e. The van der Waals surface area contributed by atoms with Crippen LogP contribution >= 0.6 is 0 Å². The van der Waals surface area contributed by atoms with Gasteiger partial charge >= 0.3 is 0 Å². The van der Waals surface area contributed by atoms with Crippen LogP contribution in [-0.4, -0.2) is 54.4 Å². The topological polar surface area (TPSA) is 65.5 Å². The third-order valence-corrected chi connectivity index (χ3v) is 4.77. The molecule has 2 aromatic rings. The van der Waals surface area contributed by atoms with E-state index < -0.39 is 0 Å². The maximum absolute atomic E-state index is 12.4. The predicted molar refractivity (Wildman–Crippen MR) is 101 cm³/mol. The number of rotatable bonds is 4. The number of aryl methyl sites for hydroxylation is 2. The summed E-state index contributed by atoms with van der Waals surface area (Å²) in [6.45, 7) is 6.75. The summed E-state index contributed by atoms with van der Waals surface area (Å²) in [4.78, 5) is 32.9.